The predicted molar refractivity (Wildman–Crippen MR) is 73.6 cm³/mol. The topological polar surface area (TPSA) is 61.8 Å². The van der Waals surface area contributed by atoms with E-state index in [1.54, 1.807) is 0 Å². The van der Waals surface area contributed by atoms with E-state index in [0.29, 0.717) is 0 Å². The molecule has 0 aliphatic rings. The maximum absolute atomic E-state index is 10.8. The Morgan fingerprint density at radius 2 is 1.26 bits per heavy atom. The maximum Gasteiger partial charge on any atom is 0.331 e. The van der Waals surface area contributed by atoms with Crippen molar-refractivity contribution in [2.45, 2.75) is 13.8 Å². The molecule has 0 spiro atoms. The third-order valence-electron chi connectivity index (χ3n) is 1.45. The van der Waals surface area contributed by atoms with Crippen LogP contribution in [0.5, 0.6) is 0 Å². The van der Waals surface area contributed by atoms with Crippen LogP contribution in [0.3, 0.4) is 0 Å². The molecule has 0 N–H and O–H groups in total. The second-order valence-electron chi connectivity index (χ2n) is 2.95. The highest BCUT2D eigenvalue weighted by Crippen LogP contribution is 1.86. The lowest BCUT2D eigenvalue weighted by Crippen LogP contribution is -2.04. The molecule has 0 rings (SSSR count). The molecule has 0 fully saturated rings. The van der Waals surface area contributed by atoms with Gasteiger partial charge in [0.15, 0.2) is 0 Å². The fourth-order valence-corrected chi connectivity index (χ4v) is 0.719. The molecule has 0 aromatic carbocycles. The molecule has 0 aliphatic heterocycles. The Kier molecular flexibility index (Phi) is 16.5. The van der Waals surface area contributed by atoms with Crippen molar-refractivity contribution in [1.82, 2.24) is 0 Å². The van der Waals surface area contributed by atoms with Gasteiger partial charge in [-0.15, -0.1) is 0 Å². The Bertz CT molecular complexity index is 266. The standard InChI is InChI=1S/C10H12O4.C4H10O/c1-3-7-13-9(11)5-6-10(12)14-8-4-2;1-3-5-4-2/h3-6H,1-2,7-8H2;3-4H2,1-2H3/b6-5-;. The zero-order valence-electron chi connectivity index (χ0n) is 11.6. The van der Waals surface area contributed by atoms with E-state index >= 15 is 0 Å². The van der Waals surface area contributed by atoms with Gasteiger partial charge in [-0.05, 0) is 13.8 Å². The van der Waals surface area contributed by atoms with Crippen molar-refractivity contribution >= 4 is 11.9 Å². The second kappa shape index (κ2) is 16.1. The van der Waals surface area contributed by atoms with Crippen molar-refractivity contribution < 1.29 is 23.8 Å². The number of carbonyl (C=O) groups is 2. The lowest BCUT2D eigenvalue weighted by molar-refractivity contribution is -0.139. The first-order valence-corrected chi connectivity index (χ1v) is 5.93. The van der Waals surface area contributed by atoms with Crippen LogP contribution >= 0.6 is 0 Å². The Balaban J connectivity index is 0. The van der Waals surface area contributed by atoms with Gasteiger partial charge < -0.3 is 14.2 Å². The molecule has 0 unspecified atom stereocenters. The van der Waals surface area contributed by atoms with E-state index in [1.807, 2.05) is 13.8 Å². The Labute approximate surface area is 114 Å². The van der Waals surface area contributed by atoms with Gasteiger partial charge >= 0.3 is 11.9 Å². The molecule has 0 amide bonds. The summed E-state index contributed by atoms with van der Waals surface area (Å²) in [6.45, 7) is 12.6. The first-order valence-electron chi connectivity index (χ1n) is 5.93. The molecule has 0 aromatic heterocycles. The van der Waals surface area contributed by atoms with Crippen LogP contribution in [0.2, 0.25) is 0 Å². The molecule has 0 bridgehead atoms. The fraction of sp³-hybridized carbons (Fsp3) is 0.429. The van der Waals surface area contributed by atoms with Gasteiger partial charge in [-0.1, -0.05) is 25.3 Å². The van der Waals surface area contributed by atoms with Crippen molar-refractivity contribution in [2.75, 3.05) is 26.4 Å². The Morgan fingerprint density at radius 3 is 1.47 bits per heavy atom. The summed E-state index contributed by atoms with van der Waals surface area (Å²) in [5.74, 6) is -1.22. The van der Waals surface area contributed by atoms with Crippen molar-refractivity contribution in [3.8, 4) is 0 Å². The second-order valence-corrected chi connectivity index (χ2v) is 2.95. The SMILES string of the molecule is C=CCOC(=O)/C=C\C(=O)OCC=C.CCOCC. The zero-order chi connectivity index (χ0) is 14.9. The van der Waals surface area contributed by atoms with Crippen molar-refractivity contribution in [3.63, 3.8) is 0 Å². The average molecular weight is 270 g/mol. The van der Waals surface area contributed by atoms with Gasteiger partial charge in [-0.2, -0.15) is 0 Å². The Hall–Kier alpha value is -1.88. The summed E-state index contributed by atoms with van der Waals surface area (Å²) in [6.07, 6.45) is 4.85. The van der Waals surface area contributed by atoms with Crippen LogP contribution in [-0.4, -0.2) is 38.4 Å². The smallest absolute Gasteiger partial charge is 0.331 e. The third-order valence-corrected chi connectivity index (χ3v) is 1.45. The van der Waals surface area contributed by atoms with Gasteiger partial charge in [0.25, 0.3) is 0 Å². The van der Waals surface area contributed by atoms with E-state index in [9.17, 15) is 9.59 Å². The highest BCUT2D eigenvalue weighted by atomic mass is 16.5. The summed E-state index contributed by atoms with van der Waals surface area (Å²) in [4.78, 5) is 21.6. The first kappa shape index (κ1) is 19.5. The summed E-state index contributed by atoms with van der Waals surface area (Å²) < 4.78 is 14.0. The van der Waals surface area contributed by atoms with Crippen LogP contribution in [-0.2, 0) is 23.8 Å². The van der Waals surface area contributed by atoms with Crippen LogP contribution in [0.4, 0.5) is 0 Å². The highest BCUT2D eigenvalue weighted by molar-refractivity contribution is 5.91. The third kappa shape index (κ3) is 18.7. The molecule has 0 radical (unpaired) electrons. The summed E-state index contributed by atoms with van der Waals surface area (Å²) >= 11 is 0. The average Bonchev–Trinajstić information content (AvgIpc) is 2.42. The molecule has 0 saturated heterocycles. The fourth-order valence-electron chi connectivity index (χ4n) is 0.719. The van der Waals surface area contributed by atoms with E-state index in [-0.39, 0.29) is 13.2 Å². The van der Waals surface area contributed by atoms with E-state index in [2.05, 4.69) is 22.6 Å². The lowest BCUT2D eigenvalue weighted by atomic mass is 10.5. The van der Waals surface area contributed by atoms with Gasteiger partial charge in [-0.25, -0.2) is 9.59 Å². The van der Waals surface area contributed by atoms with Crippen molar-refractivity contribution in [3.05, 3.63) is 37.5 Å². The number of hydrogen-bond acceptors (Lipinski definition) is 5. The molecule has 108 valence electrons. The summed E-state index contributed by atoms with van der Waals surface area (Å²) in [5, 5.41) is 0. The summed E-state index contributed by atoms with van der Waals surface area (Å²) in [5.41, 5.74) is 0. The van der Waals surface area contributed by atoms with E-state index in [1.165, 1.54) is 12.2 Å². The predicted octanol–water partition coefficient (Wildman–Crippen LogP) is 2.04. The molecule has 19 heavy (non-hydrogen) atoms. The number of carbonyl (C=O) groups excluding carboxylic acids is 2. The van der Waals surface area contributed by atoms with Crippen molar-refractivity contribution in [1.29, 1.82) is 0 Å². The highest BCUT2D eigenvalue weighted by Gasteiger charge is 1.98. The molecule has 0 aromatic rings. The largest absolute Gasteiger partial charge is 0.458 e. The number of rotatable bonds is 8. The lowest BCUT2D eigenvalue weighted by Gasteiger charge is -1.96. The van der Waals surface area contributed by atoms with E-state index in [4.69, 9.17) is 4.74 Å². The molecule has 0 heterocycles. The molecule has 5 nitrogen and oxygen atoms in total. The molecule has 0 aliphatic carbocycles. The minimum absolute atomic E-state index is 0.116. The monoisotopic (exact) mass is 270 g/mol. The number of hydrogen-bond donors (Lipinski definition) is 0. The Morgan fingerprint density at radius 1 is 0.895 bits per heavy atom. The van der Waals surface area contributed by atoms with E-state index < -0.39 is 11.9 Å². The van der Waals surface area contributed by atoms with Gasteiger partial charge in [0, 0.05) is 25.4 Å². The van der Waals surface area contributed by atoms with Crippen LogP contribution in [0, 0.1) is 0 Å². The van der Waals surface area contributed by atoms with Crippen LogP contribution in [0.25, 0.3) is 0 Å². The maximum atomic E-state index is 10.8. The minimum Gasteiger partial charge on any atom is -0.458 e. The molecule has 0 atom stereocenters. The van der Waals surface area contributed by atoms with Crippen molar-refractivity contribution in [2.24, 2.45) is 0 Å². The quantitative estimate of drug-likeness (QED) is 0.384. The zero-order valence-corrected chi connectivity index (χ0v) is 11.6. The minimum atomic E-state index is -0.611. The normalized spacial score (nSPS) is 9.16. The number of ether oxygens (including phenoxy) is 3. The van der Waals surface area contributed by atoms with Crippen LogP contribution in [0.15, 0.2) is 37.5 Å². The van der Waals surface area contributed by atoms with Gasteiger partial charge in [-0.3, -0.25) is 0 Å². The van der Waals surface area contributed by atoms with Gasteiger partial charge in [0.1, 0.15) is 13.2 Å². The van der Waals surface area contributed by atoms with Crippen LogP contribution < -0.4 is 0 Å². The van der Waals surface area contributed by atoms with Gasteiger partial charge in [0.2, 0.25) is 0 Å². The summed E-state index contributed by atoms with van der Waals surface area (Å²) in [6, 6.07) is 0. The number of esters is 2. The van der Waals surface area contributed by atoms with E-state index in [0.717, 1.165) is 25.4 Å². The molecular weight excluding hydrogens is 248 g/mol. The molecule has 5 heteroatoms. The summed E-state index contributed by atoms with van der Waals surface area (Å²) in [7, 11) is 0. The molecular formula is C14H22O5. The van der Waals surface area contributed by atoms with Crippen LogP contribution in [0.1, 0.15) is 13.8 Å². The molecule has 0 saturated carbocycles. The first-order chi connectivity index (χ1) is 9.12. The van der Waals surface area contributed by atoms with Gasteiger partial charge in [0.05, 0.1) is 0 Å².